The molecule has 0 saturated carbocycles. The Morgan fingerprint density at radius 2 is 2.12 bits per heavy atom. The third-order valence-corrected chi connectivity index (χ3v) is 4.22. The van der Waals surface area contributed by atoms with Crippen LogP contribution >= 0.6 is 0 Å². The largest absolute Gasteiger partial charge is 0.379 e. The lowest BCUT2D eigenvalue weighted by Gasteiger charge is -2.23. The van der Waals surface area contributed by atoms with E-state index in [9.17, 15) is 8.42 Å². The zero-order chi connectivity index (χ0) is 18.1. The molecule has 1 aliphatic rings. The molecular formula is C15H32N4O4S. The molecule has 0 aromatic carbocycles. The minimum atomic E-state index is -3.26. The summed E-state index contributed by atoms with van der Waals surface area (Å²) < 4.78 is 36.3. The van der Waals surface area contributed by atoms with E-state index in [2.05, 4.69) is 20.3 Å². The topological polar surface area (TPSA) is 101 Å². The number of ether oxygens (including phenoxy) is 2. The number of hydrogen-bond acceptors (Lipinski definition) is 5. The fourth-order valence-electron chi connectivity index (χ4n) is 2.33. The van der Waals surface area contributed by atoms with E-state index in [0.29, 0.717) is 25.7 Å². The zero-order valence-electron chi connectivity index (χ0n) is 15.2. The average molecular weight is 365 g/mol. The molecule has 1 saturated heterocycles. The summed E-state index contributed by atoms with van der Waals surface area (Å²) >= 11 is 0. The molecule has 0 amide bonds. The number of aliphatic imine (C=N–C) groups is 1. The first-order valence-electron chi connectivity index (χ1n) is 8.42. The zero-order valence-corrected chi connectivity index (χ0v) is 16.0. The second-order valence-electron chi connectivity index (χ2n) is 6.59. The highest BCUT2D eigenvalue weighted by molar-refractivity contribution is 7.88. The highest BCUT2D eigenvalue weighted by Gasteiger charge is 2.21. The fraction of sp³-hybridized carbons (Fsp3) is 0.933. The predicted molar refractivity (Wildman–Crippen MR) is 95.8 cm³/mol. The van der Waals surface area contributed by atoms with Crippen LogP contribution in [0.2, 0.25) is 0 Å². The lowest BCUT2D eigenvalue weighted by Crippen LogP contribution is -2.46. The molecule has 9 heteroatoms. The Morgan fingerprint density at radius 1 is 1.38 bits per heavy atom. The van der Waals surface area contributed by atoms with Gasteiger partial charge in [0, 0.05) is 31.8 Å². The van der Waals surface area contributed by atoms with Crippen molar-refractivity contribution >= 4 is 16.0 Å². The summed E-state index contributed by atoms with van der Waals surface area (Å²) in [5.41, 5.74) is -0.637. The number of hydrogen-bond donors (Lipinski definition) is 3. The van der Waals surface area contributed by atoms with Crippen molar-refractivity contribution in [1.29, 1.82) is 0 Å². The Labute approximate surface area is 145 Å². The molecule has 0 spiro atoms. The maximum atomic E-state index is 11.4. The number of sulfonamides is 1. The molecule has 0 bridgehead atoms. The summed E-state index contributed by atoms with van der Waals surface area (Å²) in [7, 11) is -3.26. The molecule has 3 N–H and O–H groups in total. The summed E-state index contributed by atoms with van der Waals surface area (Å²) in [4.78, 5) is 4.45. The molecule has 1 heterocycles. The number of guanidine groups is 1. The number of rotatable bonds is 10. The van der Waals surface area contributed by atoms with Crippen LogP contribution in [0.5, 0.6) is 0 Å². The Hall–Kier alpha value is -0.900. The minimum Gasteiger partial charge on any atom is -0.379 e. The molecule has 142 valence electrons. The van der Waals surface area contributed by atoms with Gasteiger partial charge in [-0.25, -0.2) is 13.1 Å². The highest BCUT2D eigenvalue weighted by atomic mass is 32.2. The van der Waals surface area contributed by atoms with Gasteiger partial charge in [0.05, 0.1) is 25.5 Å². The molecule has 8 nitrogen and oxygen atoms in total. The van der Waals surface area contributed by atoms with Crippen molar-refractivity contribution in [2.45, 2.75) is 45.3 Å². The van der Waals surface area contributed by atoms with Gasteiger partial charge < -0.3 is 20.1 Å². The van der Waals surface area contributed by atoms with E-state index in [1.165, 1.54) is 0 Å². The van der Waals surface area contributed by atoms with Crippen molar-refractivity contribution in [2.24, 2.45) is 4.99 Å². The van der Waals surface area contributed by atoms with Gasteiger partial charge in [-0.15, -0.1) is 0 Å². The van der Waals surface area contributed by atoms with Gasteiger partial charge in [-0.3, -0.25) is 4.99 Å². The maximum Gasteiger partial charge on any atom is 0.209 e. The normalized spacial score (nSPS) is 19.5. The van der Waals surface area contributed by atoms with Crippen molar-refractivity contribution in [3.05, 3.63) is 0 Å². The van der Waals surface area contributed by atoms with Gasteiger partial charge in [-0.2, -0.15) is 0 Å². The number of nitrogens with zero attached hydrogens (tertiary/aromatic N) is 1. The Balaban J connectivity index is 2.33. The highest BCUT2D eigenvalue weighted by Crippen LogP contribution is 2.08. The van der Waals surface area contributed by atoms with Crippen molar-refractivity contribution in [3.63, 3.8) is 0 Å². The van der Waals surface area contributed by atoms with Crippen LogP contribution in [0.1, 0.15) is 33.6 Å². The van der Waals surface area contributed by atoms with Crippen LogP contribution in [0.3, 0.4) is 0 Å². The molecule has 1 fully saturated rings. The first-order valence-corrected chi connectivity index (χ1v) is 10.3. The first-order chi connectivity index (χ1) is 11.2. The van der Waals surface area contributed by atoms with Crippen LogP contribution in [0.25, 0.3) is 0 Å². The second-order valence-corrected chi connectivity index (χ2v) is 8.34. The molecule has 1 aliphatic heterocycles. The summed E-state index contributed by atoms with van der Waals surface area (Å²) in [5.74, 6) is 0.671. The van der Waals surface area contributed by atoms with Gasteiger partial charge in [-0.1, -0.05) is 0 Å². The fourth-order valence-corrected chi connectivity index (χ4v) is 3.39. The van der Waals surface area contributed by atoms with Crippen molar-refractivity contribution in [2.75, 3.05) is 45.7 Å². The van der Waals surface area contributed by atoms with E-state index in [-0.39, 0.29) is 6.10 Å². The van der Waals surface area contributed by atoms with E-state index in [1.807, 2.05) is 6.92 Å². The van der Waals surface area contributed by atoms with Crippen LogP contribution in [-0.2, 0) is 19.5 Å². The van der Waals surface area contributed by atoms with E-state index >= 15 is 0 Å². The molecule has 1 rings (SSSR count). The van der Waals surface area contributed by atoms with Crippen LogP contribution in [0, 0.1) is 0 Å². The van der Waals surface area contributed by atoms with Crippen molar-refractivity contribution in [3.8, 4) is 0 Å². The van der Waals surface area contributed by atoms with Crippen LogP contribution in [0.15, 0.2) is 4.99 Å². The summed E-state index contributed by atoms with van der Waals surface area (Å²) in [6.07, 6.45) is 3.22. The molecule has 24 heavy (non-hydrogen) atoms. The molecule has 0 aromatic rings. The summed E-state index contributed by atoms with van der Waals surface area (Å²) in [5, 5.41) is 6.38. The Kier molecular flexibility index (Phi) is 8.96. The van der Waals surface area contributed by atoms with Crippen molar-refractivity contribution in [1.82, 2.24) is 15.4 Å². The van der Waals surface area contributed by atoms with Gasteiger partial charge in [0.1, 0.15) is 0 Å². The third kappa shape index (κ3) is 10.1. The van der Waals surface area contributed by atoms with E-state index in [0.717, 1.165) is 38.8 Å². The van der Waals surface area contributed by atoms with Crippen LogP contribution < -0.4 is 15.4 Å². The van der Waals surface area contributed by atoms with E-state index in [1.54, 1.807) is 13.8 Å². The first kappa shape index (κ1) is 21.1. The monoisotopic (exact) mass is 364 g/mol. The van der Waals surface area contributed by atoms with Crippen molar-refractivity contribution < 1.29 is 17.9 Å². The molecule has 0 aromatic heterocycles. The van der Waals surface area contributed by atoms with Crippen LogP contribution in [0.4, 0.5) is 0 Å². The van der Waals surface area contributed by atoms with Gasteiger partial charge in [0.25, 0.3) is 0 Å². The number of nitrogens with one attached hydrogen (secondary N) is 3. The van der Waals surface area contributed by atoms with E-state index < -0.39 is 15.6 Å². The lowest BCUT2D eigenvalue weighted by molar-refractivity contribution is 0.0420. The van der Waals surface area contributed by atoms with Gasteiger partial charge in [0.15, 0.2) is 5.96 Å². The van der Waals surface area contributed by atoms with Crippen LogP contribution in [-0.4, -0.2) is 71.7 Å². The third-order valence-electron chi connectivity index (χ3n) is 3.29. The van der Waals surface area contributed by atoms with Gasteiger partial charge in [-0.05, 0) is 33.6 Å². The Morgan fingerprint density at radius 3 is 2.71 bits per heavy atom. The molecule has 0 aliphatic carbocycles. The minimum absolute atomic E-state index is 0.231. The molecule has 1 atom stereocenters. The molecule has 0 radical (unpaired) electrons. The quantitative estimate of drug-likeness (QED) is 0.288. The summed E-state index contributed by atoms with van der Waals surface area (Å²) in [6.45, 7) is 9.57. The standard InChI is InChI=1S/C15H32N4O4S/c1-5-16-14(18-12-15(2,3)19-24(4,20)21)17-8-6-9-23-13-7-10-22-11-13/h13,19H,5-12H2,1-4H3,(H2,16,17,18). The lowest BCUT2D eigenvalue weighted by atomic mass is 10.1. The molecule has 1 unspecified atom stereocenters. The predicted octanol–water partition coefficient (Wildman–Crippen LogP) is 0.0649. The average Bonchev–Trinajstić information content (AvgIpc) is 2.95. The Bertz CT molecular complexity index is 488. The maximum absolute atomic E-state index is 11.4. The molecular weight excluding hydrogens is 332 g/mol. The SMILES string of the molecule is CCNC(=NCC(C)(C)NS(C)(=O)=O)NCCCOC1CCOC1. The smallest absolute Gasteiger partial charge is 0.209 e. The van der Waals surface area contributed by atoms with Gasteiger partial charge in [0.2, 0.25) is 10.0 Å². The second kappa shape index (κ2) is 10.2. The summed E-state index contributed by atoms with van der Waals surface area (Å²) in [6, 6.07) is 0. The van der Waals surface area contributed by atoms with Gasteiger partial charge >= 0.3 is 0 Å². The van der Waals surface area contributed by atoms with E-state index in [4.69, 9.17) is 9.47 Å².